The van der Waals surface area contributed by atoms with Gasteiger partial charge in [0.15, 0.2) is 6.29 Å². The van der Waals surface area contributed by atoms with Crippen molar-refractivity contribution in [3.63, 3.8) is 0 Å². The van der Waals surface area contributed by atoms with Crippen molar-refractivity contribution in [2.75, 3.05) is 53.1 Å². The fraction of sp³-hybridized carbons (Fsp3) is 0.550. The summed E-state index contributed by atoms with van der Waals surface area (Å²) in [5, 5.41) is 5.90. The number of likely N-dealkylation sites (N-methyl/N-ethyl adjacent to an activating group) is 1. The number of alkyl halides is 3. The third-order valence-electron chi connectivity index (χ3n) is 9.10. The van der Waals surface area contributed by atoms with Crippen LogP contribution in [0, 0.1) is 5.92 Å². The Balaban J connectivity index is 0.000000400. The summed E-state index contributed by atoms with van der Waals surface area (Å²) >= 11 is 0. The predicted molar refractivity (Wildman–Crippen MR) is 203 cm³/mol. The minimum absolute atomic E-state index is 0.0825. The van der Waals surface area contributed by atoms with Gasteiger partial charge in [0.05, 0.1) is 23.9 Å². The summed E-state index contributed by atoms with van der Waals surface area (Å²) in [6.07, 6.45) is 6.44. The quantitative estimate of drug-likeness (QED) is 0.120. The van der Waals surface area contributed by atoms with E-state index in [0.717, 1.165) is 50.5 Å². The molecule has 0 radical (unpaired) electrons. The van der Waals surface area contributed by atoms with Crippen LogP contribution in [0.1, 0.15) is 88.2 Å². The zero-order valence-electron chi connectivity index (χ0n) is 32.1. The first kappa shape index (κ1) is 44.9. The molecule has 10 nitrogen and oxygen atoms in total. The molecule has 2 heterocycles. The Kier molecular flexibility index (Phi) is 18.7. The number of carbonyl (C=O) groups is 4. The number of hydrogen-bond donors (Lipinski definition) is 2. The van der Waals surface area contributed by atoms with Crippen LogP contribution in [0.25, 0.3) is 10.9 Å². The minimum Gasteiger partial charge on any atom is -0.444 e. The fourth-order valence-electron chi connectivity index (χ4n) is 6.18. The van der Waals surface area contributed by atoms with E-state index in [1.807, 2.05) is 70.0 Å². The van der Waals surface area contributed by atoms with Crippen LogP contribution < -0.4 is 10.6 Å². The standard InChI is InChI=1S/C25H27F2N3O3.C9H17FO.C6H13NO2/c1-29-11-10-21(17-6-4-3-5-7-17)23(29)24(32)28-19-8-9-22-18(12-19)13-20(14-31)30(22)25(15-26,16-27)33-2;1-2-9(8-11)6-4-3-5-7-10;1-6(2,3)9-5(8)7-4/h3-9,12-14,21,23H,10-11,15-16H2,1-2H3,(H,28,32);8-9H,2-7H2,1H3;1-4H3,(H,7,8). The third kappa shape index (κ3) is 13.0. The lowest BCUT2D eigenvalue weighted by Gasteiger charge is -2.30. The number of aldehydes is 2. The molecule has 1 saturated heterocycles. The molecule has 294 valence electrons. The number of carbonyl (C=O) groups excluding carboxylic acids is 4. The number of rotatable bonds is 15. The zero-order chi connectivity index (χ0) is 39.6. The van der Waals surface area contributed by atoms with Gasteiger partial charge < -0.3 is 29.5 Å². The number of unbranched alkanes of at least 4 members (excludes halogenated alkanes) is 2. The summed E-state index contributed by atoms with van der Waals surface area (Å²) in [7, 11) is 4.68. The highest BCUT2D eigenvalue weighted by atomic mass is 19.1. The topological polar surface area (TPSA) is 119 Å². The number of likely N-dealkylation sites (tertiary alicyclic amines) is 1. The van der Waals surface area contributed by atoms with Gasteiger partial charge >= 0.3 is 6.09 Å². The summed E-state index contributed by atoms with van der Waals surface area (Å²) < 4.78 is 50.4. The number of methoxy groups -OCH3 is 1. The molecule has 0 bridgehead atoms. The SMILES string of the molecule is CCC(C=O)CCCCCF.CNC(=O)OC(C)(C)C.COC(CF)(CF)n1c(C=O)cc2cc(NC(=O)C3C(c4ccccc4)CCN3C)ccc21. The molecule has 53 heavy (non-hydrogen) atoms. The van der Waals surface area contributed by atoms with Crippen LogP contribution in [0.15, 0.2) is 54.6 Å². The summed E-state index contributed by atoms with van der Waals surface area (Å²) in [5.74, 6) is 0.158. The van der Waals surface area contributed by atoms with Crippen LogP contribution in [0.3, 0.4) is 0 Å². The molecule has 2 N–H and O–H groups in total. The lowest BCUT2D eigenvalue weighted by molar-refractivity contribution is -0.120. The molecule has 3 aromatic rings. The summed E-state index contributed by atoms with van der Waals surface area (Å²) in [4.78, 5) is 47.7. The first-order valence-electron chi connectivity index (χ1n) is 18.0. The maximum Gasteiger partial charge on any atom is 0.407 e. The van der Waals surface area contributed by atoms with E-state index in [0.29, 0.717) is 29.3 Å². The summed E-state index contributed by atoms with van der Waals surface area (Å²) in [5.41, 5.74) is -0.118. The highest BCUT2D eigenvalue weighted by molar-refractivity contribution is 5.98. The average Bonchev–Trinajstić information content (AvgIpc) is 3.73. The largest absolute Gasteiger partial charge is 0.444 e. The smallest absolute Gasteiger partial charge is 0.407 e. The van der Waals surface area contributed by atoms with Gasteiger partial charge in [0.2, 0.25) is 11.6 Å². The number of nitrogens with zero attached hydrogens (tertiary/aromatic N) is 2. The van der Waals surface area contributed by atoms with Gasteiger partial charge in [-0.3, -0.25) is 18.9 Å². The second-order valence-electron chi connectivity index (χ2n) is 14.0. The van der Waals surface area contributed by atoms with Gasteiger partial charge in [-0.1, -0.05) is 50.1 Å². The Morgan fingerprint density at radius 2 is 1.68 bits per heavy atom. The Morgan fingerprint density at radius 3 is 2.19 bits per heavy atom. The van der Waals surface area contributed by atoms with Crippen LogP contribution in [0.5, 0.6) is 0 Å². The van der Waals surface area contributed by atoms with E-state index in [1.54, 1.807) is 18.2 Å². The van der Waals surface area contributed by atoms with Gasteiger partial charge in [-0.2, -0.15) is 0 Å². The molecule has 1 aliphatic heterocycles. The molecule has 2 amide bonds. The second kappa shape index (κ2) is 22.1. The Bertz CT molecular complexity index is 1570. The zero-order valence-corrected chi connectivity index (χ0v) is 32.1. The van der Waals surface area contributed by atoms with Crippen molar-refractivity contribution >= 4 is 41.2 Å². The van der Waals surface area contributed by atoms with Crippen LogP contribution >= 0.6 is 0 Å². The molecule has 3 unspecified atom stereocenters. The number of benzene rings is 2. The van der Waals surface area contributed by atoms with E-state index in [9.17, 15) is 32.3 Å². The first-order valence-corrected chi connectivity index (χ1v) is 18.0. The highest BCUT2D eigenvalue weighted by Gasteiger charge is 2.39. The van der Waals surface area contributed by atoms with E-state index in [-0.39, 0.29) is 47.8 Å². The van der Waals surface area contributed by atoms with E-state index < -0.39 is 19.1 Å². The van der Waals surface area contributed by atoms with E-state index >= 15 is 0 Å². The minimum atomic E-state index is -1.92. The van der Waals surface area contributed by atoms with Gasteiger partial charge in [-0.05, 0) is 89.9 Å². The van der Waals surface area contributed by atoms with Gasteiger partial charge in [-0.25, -0.2) is 13.6 Å². The van der Waals surface area contributed by atoms with Crippen molar-refractivity contribution in [3.05, 3.63) is 65.9 Å². The molecule has 13 heteroatoms. The van der Waals surface area contributed by atoms with Crippen molar-refractivity contribution in [1.29, 1.82) is 0 Å². The predicted octanol–water partition coefficient (Wildman–Crippen LogP) is 8.00. The molecule has 1 aromatic heterocycles. The molecular weight excluding hydrogens is 689 g/mol. The monoisotopic (exact) mass is 746 g/mol. The molecule has 4 rings (SSSR count). The van der Waals surface area contributed by atoms with Crippen molar-refractivity contribution in [2.45, 2.75) is 89.5 Å². The number of aromatic nitrogens is 1. The van der Waals surface area contributed by atoms with Crippen LogP contribution in [-0.2, 0) is 24.8 Å². The second-order valence-corrected chi connectivity index (χ2v) is 14.0. The molecule has 0 saturated carbocycles. The number of ether oxygens (including phenoxy) is 2. The average molecular weight is 747 g/mol. The van der Waals surface area contributed by atoms with E-state index in [2.05, 4.69) is 10.6 Å². The summed E-state index contributed by atoms with van der Waals surface area (Å²) in [6, 6.07) is 16.2. The van der Waals surface area contributed by atoms with E-state index in [4.69, 9.17) is 9.47 Å². The van der Waals surface area contributed by atoms with Crippen molar-refractivity contribution < 1.29 is 41.8 Å². The lowest BCUT2D eigenvalue weighted by atomic mass is 9.91. The van der Waals surface area contributed by atoms with Gasteiger partial charge in [-0.15, -0.1) is 0 Å². The molecular formula is C40H57F3N4O6. The van der Waals surface area contributed by atoms with Crippen molar-refractivity contribution in [2.24, 2.45) is 5.92 Å². The Hall–Kier alpha value is -4.23. The molecule has 0 aliphatic carbocycles. The van der Waals surface area contributed by atoms with Crippen LogP contribution in [0.4, 0.5) is 23.7 Å². The highest BCUT2D eigenvalue weighted by Crippen LogP contribution is 2.34. The Morgan fingerprint density at radius 1 is 1.00 bits per heavy atom. The van der Waals surface area contributed by atoms with Crippen LogP contribution in [-0.4, -0.2) is 93.5 Å². The molecule has 2 aromatic carbocycles. The summed E-state index contributed by atoms with van der Waals surface area (Å²) in [6.45, 7) is 5.78. The molecule has 0 spiro atoms. The number of nitrogens with one attached hydrogen (secondary N) is 2. The number of alkyl carbamates (subject to hydrolysis) is 1. The first-order chi connectivity index (χ1) is 25.3. The maximum absolute atomic E-state index is 13.8. The van der Waals surface area contributed by atoms with E-state index in [1.165, 1.54) is 24.8 Å². The normalized spacial score (nSPS) is 16.4. The van der Waals surface area contributed by atoms with Crippen molar-refractivity contribution in [1.82, 2.24) is 14.8 Å². The number of halogens is 3. The van der Waals surface area contributed by atoms with Crippen molar-refractivity contribution in [3.8, 4) is 0 Å². The fourth-order valence-corrected chi connectivity index (χ4v) is 6.18. The van der Waals surface area contributed by atoms with Gasteiger partial charge in [0.25, 0.3) is 0 Å². The number of fused-ring (bicyclic) bond motifs is 1. The number of amides is 2. The maximum atomic E-state index is 13.8. The number of hydrogen-bond acceptors (Lipinski definition) is 7. The number of anilines is 1. The van der Waals surface area contributed by atoms with Gasteiger partial charge in [0.1, 0.15) is 25.2 Å². The molecule has 1 fully saturated rings. The molecule has 1 aliphatic rings. The van der Waals surface area contributed by atoms with Crippen LogP contribution in [0.2, 0.25) is 0 Å². The lowest BCUT2D eigenvalue weighted by Crippen LogP contribution is -2.41. The molecule has 3 atom stereocenters. The Labute approximate surface area is 311 Å². The van der Waals surface area contributed by atoms with Gasteiger partial charge in [0, 0.05) is 37.1 Å². The third-order valence-corrected chi connectivity index (χ3v) is 9.10.